The average Bonchev–Trinajstić information content (AvgIpc) is 2.49. The third-order valence-electron chi connectivity index (χ3n) is 3.99. The molecule has 2 rings (SSSR count). The van der Waals surface area contributed by atoms with Crippen molar-refractivity contribution in [3.05, 3.63) is 29.8 Å². The SMILES string of the molecule is COC(=O)c1ccc(NC(=O)N[C@@H]2CCCC[C@H]2C)cc1. The average molecular weight is 290 g/mol. The van der Waals surface area contributed by atoms with Crippen molar-refractivity contribution < 1.29 is 14.3 Å². The van der Waals surface area contributed by atoms with Crippen molar-refractivity contribution >= 4 is 17.7 Å². The van der Waals surface area contributed by atoms with Gasteiger partial charge < -0.3 is 15.4 Å². The predicted octanol–water partition coefficient (Wildman–Crippen LogP) is 3.17. The van der Waals surface area contributed by atoms with Crippen LogP contribution in [0, 0.1) is 5.92 Å². The number of rotatable bonds is 3. The molecule has 1 aliphatic carbocycles. The third kappa shape index (κ3) is 4.21. The van der Waals surface area contributed by atoms with E-state index in [9.17, 15) is 9.59 Å². The summed E-state index contributed by atoms with van der Waals surface area (Å²) in [5.74, 6) is 0.133. The zero-order chi connectivity index (χ0) is 15.2. The Hall–Kier alpha value is -2.04. The molecule has 0 bridgehead atoms. The zero-order valence-corrected chi connectivity index (χ0v) is 12.5. The summed E-state index contributed by atoms with van der Waals surface area (Å²) in [6, 6.07) is 6.69. The summed E-state index contributed by atoms with van der Waals surface area (Å²) < 4.78 is 4.63. The minimum Gasteiger partial charge on any atom is -0.465 e. The number of urea groups is 1. The van der Waals surface area contributed by atoms with Gasteiger partial charge in [0.2, 0.25) is 0 Å². The fourth-order valence-electron chi connectivity index (χ4n) is 2.67. The minimum absolute atomic E-state index is 0.195. The van der Waals surface area contributed by atoms with Gasteiger partial charge in [0.15, 0.2) is 0 Å². The summed E-state index contributed by atoms with van der Waals surface area (Å²) in [5.41, 5.74) is 1.12. The highest BCUT2D eigenvalue weighted by Gasteiger charge is 2.22. The number of hydrogen-bond donors (Lipinski definition) is 2. The van der Waals surface area contributed by atoms with Crippen molar-refractivity contribution in [2.24, 2.45) is 5.92 Å². The first-order chi connectivity index (χ1) is 10.1. The van der Waals surface area contributed by atoms with E-state index < -0.39 is 0 Å². The van der Waals surface area contributed by atoms with E-state index in [1.54, 1.807) is 24.3 Å². The number of anilines is 1. The highest BCUT2D eigenvalue weighted by Crippen LogP contribution is 2.23. The smallest absolute Gasteiger partial charge is 0.337 e. The minimum atomic E-state index is -0.387. The lowest BCUT2D eigenvalue weighted by atomic mass is 9.86. The Kier molecular flexibility index (Phi) is 5.20. The molecule has 2 N–H and O–H groups in total. The van der Waals surface area contributed by atoms with Crippen LogP contribution >= 0.6 is 0 Å². The molecule has 0 saturated heterocycles. The first kappa shape index (κ1) is 15.4. The first-order valence-electron chi connectivity index (χ1n) is 7.36. The molecule has 0 radical (unpaired) electrons. The van der Waals surface area contributed by atoms with Crippen molar-refractivity contribution in [2.45, 2.75) is 38.6 Å². The molecule has 1 aromatic rings. The Bertz CT molecular complexity index is 499. The van der Waals surface area contributed by atoms with Gasteiger partial charge in [0.25, 0.3) is 0 Å². The predicted molar refractivity (Wildman–Crippen MR) is 81.4 cm³/mol. The van der Waals surface area contributed by atoms with Gasteiger partial charge in [0.05, 0.1) is 12.7 Å². The Balaban J connectivity index is 1.88. The molecule has 1 saturated carbocycles. The van der Waals surface area contributed by atoms with Crippen LogP contribution in [0.4, 0.5) is 10.5 Å². The Labute approximate surface area is 125 Å². The fourth-order valence-corrected chi connectivity index (χ4v) is 2.67. The van der Waals surface area contributed by atoms with Gasteiger partial charge in [0.1, 0.15) is 0 Å². The van der Waals surface area contributed by atoms with Gasteiger partial charge in [-0.1, -0.05) is 19.8 Å². The molecule has 2 atom stereocenters. The van der Waals surface area contributed by atoms with Crippen LogP contribution in [0.25, 0.3) is 0 Å². The highest BCUT2D eigenvalue weighted by molar-refractivity contribution is 5.92. The standard InChI is InChI=1S/C16H22N2O3/c1-11-5-3-4-6-14(11)18-16(20)17-13-9-7-12(8-10-13)15(19)21-2/h7-11,14H,3-6H2,1-2H3,(H2,17,18,20)/t11-,14-/m1/s1. The molecular weight excluding hydrogens is 268 g/mol. The van der Waals surface area contributed by atoms with Gasteiger partial charge in [0, 0.05) is 11.7 Å². The summed E-state index contributed by atoms with van der Waals surface area (Å²) >= 11 is 0. The van der Waals surface area contributed by atoms with Crippen LogP contribution in [0.1, 0.15) is 43.0 Å². The summed E-state index contributed by atoms with van der Waals surface area (Å²) in [6.07, 6.45) is 4.62. The molecule has 21 heavy (non-hydrogen) atoms. The lowest BCUT2D eigenvalue weighted by Crippen LogP contribution is -2.43. The Morgan fingerprint density at radius 3 is 2.43 bits per heavy atom. The van der Waals surface area contributed by atoms with Crippen LogP contribution < -0.4 is 10.6 Å². The van der Waals surface area contributed by atoms with E-state index in [1.807, 2.05) is 0 Å². The van der Waals surface area contributed by atoms with Crippen LogP contribution in [0.3, 0.4) is 0 Å². The highest BCUT2D eigenvalue weighted by atomic mass is 16.5. The molecule has 1 aromatic carbocycles. The number of carbonyl (C=O) groups excluding carboxylic acids is 2. The van der Waals surface area contributed by atoms with Gasteiger partial charge in [-0.3, -0.25) is 0 Å². The Morgan fingerprint density at radius 1 is 1.14 bits per heavy atom. The Morgan fingerprint density at radius 2 is 1.81 bits per heavy atom. The van der Waals surface area contributed by atoms with Crippen LogP contribution in [0.15, 0.2) is 24.3 Å². The van der Waals surface area contributed by atoms with Crippen LogP contribution in [-0.2, 0) is 4.74 Å². The van der Waals surface area contributed by atoms with Gasteiger partial charge in [-0.25, -0.2) is 9.59 Å². The molecule has 2 amide bonds. The first-order valence-corrected chi connectivity index (χ1v) is 7.36. The van der Waals surface area contributed by atoms with Crippen LogP contribution in [0.5, 0.6) is 0 Å². The van der Waals surface area contributed by atoms with E-state index in [0.29, 0.717) is 17.2 Å². The summed E-state index contributed by atoms with van der Waals surface area (Å²) in [7, 11) is 1.34. The fraction of sp³-hybridized carbons (Fsp3) is 0.500. The maximum absolute atomic E-state index is 12.0. The van der Waals surface area contributed by atoms with E-state index in [2.05, 4.69) is 22.3 Å². The molecule has 114 valence electrons. The second-order valence-electron chi connectivity index (χ2n) is 5.54. The number of ether oxygens (including phenoxy) is 1. The van der Waals surface area contributed by atoms with Crippen molar-refractivity contribution in [3.63, 3.8) is 0 Å². The van der Waals surface area contributed by atoms with E-state index in [0.717, 1.165) is 6.42 Å². The molecule has 5 nitrogen and oxygen atoms in total. The van der Waals surface area contributed by atoms with Crippen molar-refractivity contribution in [1.29, 1.82) is 0 Å². The zero-order valence-electron chi connectivity index (χ0n) is 12.5. The largest absolute Gasteiger partial charge is 0.465 e. The summed E-state index contributed by atoms with van der Waals surface area (Å²) in [6.45, 7) is 2.18. The van der Waals surface area contributed by atoms with Crippen molar-refractivity contribution in [3.8, 4) is 0 Å². The molecule has 0 heterocycles. The topological polar surface area (TPSA) is 67.4 Å². The maximum atomic E-state index is 12.0. The van der Waals surface area contributed by atoms with E-state index in [-0.39, 0.29) is 18.0 Å². The van der Waals surface area contributed by atoms with Gasteiger partial charge in [-0.05, 0) is 43.0 Å². The lowest BCUT2D eigenvalue weighted by molar-refractivity contribution is 0.0601. The second kappa shape index (κ2) is 7.11. The number of methoxy groups -OCH3 is 1. The van der Waals surface area contributed by atoms with Crippen molar-refractivity contribution in [2.75, 3.05) is 12.4 Å². The second-order valence-corrected chi connectivity index (χ2v) is 5.54. The number of amides is 2. The van der Waals surface area contributed by atoms with E-state index >= 15 is 0 Å². The molecular formula is C16H22N2O3. The van der Waals surface area contributed by atoms with E-state index in [4.69, 9.17) is 0 Å². The molecule has 0 aliphatic heterocycles. The molecule has 0 spiro atoms. The van der Waals surface area contributed by atoms with Crippen molar-refractivity contribution in [1.82, 2.24) is 5.32 Å². The molecule has 5 heteroatoms. The van der Waals surface area contributed by atoms with Crippen LogP contribution in [0.2, 0.25) is 0 Å². The number of esters is 1. The quantitative estimate of drug-likeness (QED) is 0.840. The number of benzene rings is 1. The van der Waals surface area contributed by atoms with Gasteiger partial charge in [-0.2, -0.15) is 0 Å². The summed E-state index contributed by atoms with van der Waals surface area (Å²) in [5, 5.41) is 5.82. The molecule has 0 unspecified atom stereocenters. The normalized spacial score (nSPS) is 21.4. The molecule has 0 aromatic heterocycles. The number of carbonyl (C=O) groups is 2. The van der Waals surface area contributed by atoms with Gasteiger partial charge >= 0.3 is 12.0 Å². The van der Waals surface area contributed by atoms with Gasteiger partial charge in [-0.15, -0.1) is 0 Å². The maximum Gasteiger partial charge on any atom is 0.337 e. The van der Waals surface area contributed by atoms with E-state index in [1.165, 1.54) is 26.4 Å². The van der Waals surface area contributed by atoms with Crippen LogP contribution in [-0.4, -0.2) is 25.2 Å². The monoisotopic (exact) mass is 290 g/mol. The summed E-state index contributed by atoms with van der Waals surface area (Å²) in [4.78, 5) is 23.3. The number of hydrogen-bond acceptors (Lipinski definition) is 3. The molecule has 1 fully saturated rings. The number of nitrogens with one attached hydrogen (secondary N) is 2. The third-order valence-corrected chi connectivity index (χ3v) is 3.99. The molecule has 1 aliphatic rings. The lowest BCUT2D eigenvalue weighted by Gasteiger charge is -2.29.